The third kappa shape index (κ3) is 3.03. The zero-order valence-corrected chi connectivity index (χ0v) is 15.5. The third-order valence-electron chi connectivity index (χ3n) is 4.63. The molecule has 1 aromatic rings. The standard InChI is InChI=1S/C17H17Cl3N2O2/c1-21(11-5-3-2-4-6-11)15-14(20)16(23)22(17(15)24)13-8-7-10(18)9-12(13)19/h7-9,11H,2-6H2,1H3. The van der Waals surface area contributed by atoms with Crippen molar-refractivity contribution in [2.45, 2.75) is 38.1 Å². The van der Waals surface area contributed by atoms with Crippen LogP contribution in [0.5, 0.6) is 0 Å². The molecule has 1 aliphatic carbocycles. The lowest BCUT2D eigenvalue weighted by Crippen LogP contribution is -2.38. The van der Waals surface area contributed by atoms with Gasteiger partial charge in [-0.1, -0.05) is 54.1 Å². The summed E-state index contributed by atoms with van der Waals surface area (Å²) in [5.41, 5.74) is 0.542. The van der Waals surface area contributed by atoms with Crippen molar-refractivity contribution in [1.82, 2.24) is 4.90 Å². The first kappa shape index (κ1) is 17.6. The molecule has 1 fully saturated rings. The summed E-state index contributed by atoms with van der Waals surface area (Å²) in [6.07, 6.45) is 5.43. The summed E-state index contributed by atoms with van der Waals surface area (Å²) in [6, 6.07) is 4.85. The Balaban J connectivity index is 1.92. The normalized spacial score (nSPS) is 19.4. The Bertz CT molecular complexity index is 727. The molecule has 1 heterocycles. The van der Waals surface area contributed by atoms with Gasteiger partial charge in [-0.2, -0.15) is 0 Å². The molecule has 2 amide bonds. The molecule has 0 radical (unpaired) electrons. The van der Waals surface area contributed by atoms with E-state index < -0.39 is 11.8 Å². The van der Waals surface area contributed by atoms with Crippen LogP contribution in [0, 0.1) is 0 Å². The van der Waals surface area contributed by atoms with Gasteiger partial charge in [0.2, 0.25) is 0 Å². The number of imide groups is 1. The lowest BCUT2D eigenvalue weighted by molar-refractivity contribution is -0.121. The van der Waals surface area contributed by atoms with Crippen LogP contribution in [0.15, 0.2) is 28.9 Å². The number of nitrogens with zero attached hydrogens (tertiary/aromatic N) is 2. The van der Waals surface area contributed by atoms with Crippen molar-refractivity contribution in [2.75, 3.05) is 11.9 Å². The molecule has 128 valence electrons. The average molecular weight is 388 g/mol. The van der Waals surface area contributed by atoms with Gasteiger partial charge in [0.25, 0.3) is 11.8 Å². The zero-order chi connectivity index (χ0) is 17.4. The van der Waals surface area contributed by atoms with Gasteiger partial charge >= 0.3 is 0 Å². The molecule has 0 atom stereocenters. The highest BCUT2D eigenvalue weighted by Crippen LogP contribution is 2.37. The molecule has 2 aliphatic rings. The fourth-order valence-electron chi connectivity index (χ4n) is 3.33. The van der Waals surface area contributed by atoms with Crippen molar-refractivity contribution in [3.63, 3.8) is 0 Å². The summed E-state index contributed by atoms with van der Waals surface area (Å²) in [7, 11) is 1.83. The molecule has 0 saturated heterocycles. The van der Waals surface area contributed by atoms with E-state index in [1.165, 1.54) is 12.5 Å². The van der Waals surface area contributed by atoms with E-state index in [-0.39, 0.29) is 21.8 Å². The van der Waals surface area contributed by atoms with E-state index in [2.05, 4.69) is 0 Å². The van der Waals surface area contributed by atoms with E-state index in [0.29, 0.717) is 10.7 Å². The number of anilines is 1. The Morgan fingerprint density at radius 1 is 1.04 bits per heavy atom. The molecule has 24 heavy (non-hydrogen) atoms. The minimum Gasteiger partial charge on any atom is -0.366 e. The van der Waals surface area contributed by atoms with Gasteiger partial charge in [-0.25, -0.2) is 4.90 Å². The highest BCUT2D eigenvalue weighted by molar-refractivity contribution is 6.53. The molecule has 3 rings (SSSR count). The van der Waals surface area contributed by atoms with E-state index in [1.807, 2.05) is 11.9 Å². The molecule has 0 unspecified atom stereocenters. The van der Waals surface area contributed by atoms with Gasteiger partial charge in [0, 0.05) is 18.1 Å². The summed E-state index contributed by atoms with van der Waals surface area (Å²) < 4.78 is 0. The highest BCUT2D eigenvalue weighted by Gasteiger charge is 2.42. The first-order chi connectivity index (χ1) is 11.4. The highest BCUT2D eigenvalue weighted by atomic mass is 35.5. The molecule has 1 saturated carbocycles. The predicted octanol–water partition coefficient (Wildman–Crippen LogP) is 4.58. The van der Waals surface area contributed by atoms with Crippen LogP contribution in [0.1, 0.15) is 32.1 Å². The van der Waals surface area contributed by atoms with Crippen molar-refractivity contribution in [3.8, 4) is 0 Å². The number of hydrogen-bond acceptors (Lipinski definition) is 3. The molecule has 4 nitrogen and oxygen atoms in total. The maximum absolute atomic E-state index is 12.9. The summed E-state index contributed by atoms with van der Waals surface area (Å²) in [5, 5.41) is 0.607. The molecule has 0 aromatic heterocycles. The van der Waals surface area contributed by atoms with E-state index >= 15 is 0 Å². The largest absolute Gasteiger partial charge is 0.366 e. The Labute approximate surface area is 155 Å². The van der Waals surface area contributed by atoms with Crippen molar-refractivity contribution >= 4 is 52.3 Å². The second kappa shape index (κ2) is 6.95. The zero-order valence-electron chi connectivity index (χ0n) is 13.2. The number of amides is 2. The van der Waals surface area contributed by atoms with Crippen LogP contribution in [0.3, 0.4) is 0 Å². The lowest BCUT2D eigenvalue weighted by atomic mass is 9.94. The molecular formula is C17H17Cl3N2O2. The summed E-state index contributed by atoms with van der Waals surface area (Å²) in [4.78, 5) is 28.3. The maximum Gasteiger partial charge on any atom is 0.283 e. The summed E-state index contributed by atoms with van der Waals surface area (Å²) >= 11 is 18.3. The van der Waals surface area contributed by atoms with Crippen molar-refractivity contribution in [3.05, 3.63) is 39.0 Å². The Morgan fingerprint density at radius 2 is 1.71 bits per heavy atom. The van der Waals surface area contributed by atoms with Crippen LogP contribution in [0.25, 0.3) is 0 Å². The van der Waals surface area contributed by atoms with Crippen LogP contribution in [-0.4, -0.2) is 29.8 Å². The van der Waals surface area contributed by atoms with Crippen molar-refractivity contribution < 1.29 is 9.59 Å². The molecule has 7 heteroatoms. The summed E-state index contributed by atoms with van der Waals surface area (Å²) in [6.45, 7) is 0. The Morgan fingerprint density at radius 3 is 2.33 bits per heavy atom. The Kier molecular flexibility index (Phi) is 5.09. The van der Waals surface area contributed by atoms with Crippen LogP contribution in [0.2, 0.25) is 10.0 Å². The van der Waals surface area contributed by atoms with Crippen LogP contribution < -0.4 is 4.90 Å². The molecule has 0 bridgehead atoms. The average Bonchev–Trinajstić information content (AvgIpc) is 2.78. The number of carbonyl (C=O) groups is 2. The van der Waals surface area contributed by atoms with Crippen molar-refractivity contribution in [2.24, 2.45) is 0 Å². The fourth-order valence-corrected chi connectivity index (χ4v) is 4.12. The van der Waals surface area contributed by atoms with E-state index in [4.69, 9.17) is 34.8 Å². The fraction of sp³-hybridized carbons (Fsp3) is 0.412. The van der Waals surface area contributed by atoms with Gasteiger partial charge < -0.3 is 4.90 Å². The quantitative estimate of drug-likeness (QED) is 0.713. The molecule has 1 aromatic carbocycles. The van der Waals surface area contributed by atoms with E-state index in [0.717, 1.165) is 30.6 Å². The van der Waals surface area contributed by atoms with Gasteiger partial charge in [0.15, 0.2) is 0 Å². The second-order valence-corrected chi connectivity index (χ2v) is 7.33. The molecule has 0 spiro atoms. The molecule has 1 aliphatic heterocycles. The molecular weight excluding hydrogens is 371 g/mol. The monoisotopic (exact) mass is 386 g/mol. The van der Waals surface area contributed by atoms with Gasteiger partial charge in [0.1, 0.15) is 10.7 Å². The maximum atomic E-state index is 12.9. The third-order valence-corrected chi connectivity index (χ3v) is 5.51. The van der Waals surface area contributed by atoms with Gasteiger partial charge in [-0.15, -0.1) is 0 Å². The smallest absolute Gasteiger partial charge is 0.283 e. The lowest BCUT2D eigenvalue weighted by Gasteiger charge is -2.33. The van der Waals surface area contributed by atoms with Gasteiger partial charge in [0.05, 0.1) is 10.7 Å². The number of benzene rings is 1. The Hall–Kier alpha value is -1.23. The van der Waals surface area contributed by atoms with Crippen LogP contribution in [-0.2, 0) is 9.59 Å². The van der Waals surface area contributed by atoms with E-state index in [9.17, 15) is 9.59 Å². The SMILES string of the molecule is CN(C1=C(Cl)C(=O)N(c2ccc(Cl)cc2Cl)C1=O)C1CCCCC1. The van der Waals surface area contributed by atoms with Crippen LogP contribution >= 0.6 is 34.8 Å². The first-order valence-electron chi connectivity index (χ1n) is 7.88. The number of likely N-dealkylation sites (N-methyl/N-ethyl adjacent to an activating group) is 1. The first-order valence-corrected chi connectivity index (χ1v) is 9.01. The second-order valence-electron chi connectivity index (χ2n) is 6.11. The van der Waals surface area contributed by atoms with Crippen molar-refractivity contribution in [1.29, 1.82) is 0 Å². The summed E-state index contributed by atoms with van der Waals surface area (Å²) in [5.74, 6) is -0.995. The predicted molar refractivity (Wildman–Crippen MR) is 96.5 cm³/mol. The minimum atomic E-state index is -0.552. The number of rotatable bonds is 3. The number of halogens is 3. The van der Waals surface area contributed by atoms with Crippen LogP contribution in [0.4, 0.5) is 5.69 Å². The van der Waals surface area contributed by atoms with Gasteiger partial charge in [-0.3, -0.25) is 9.59 Å². The van der Waals surface area contributed by atoms with E-state index in [1.54, 1.807) is 12.1 Å². The molecule has 0 N–H and O–H groups in total. The van der Waals surface area contributed by atoms with Gasteiger partial charge in [-0.05, 0) is 31.0 Å². The topological polar surface area (TPSA) is 40.6 Å². The minimum absolute atomic E-state index is 0.0564. The number of carbonyl (C=O) groups excluding carboxylic acids is 2. The number of hydrogen-bond donors (Lipinski definition) is 0.